The number of amides is 2. The molecule has 0 saturated carbocycles. The Hall–Kier alpha value is -3.59. The van der Waals surface area contributed by atoms with Crippen molar-refractivity contribution < 1.29 is 14.7 Å². The number of benzene rings is 1. The van der Waals surface area contributed by atoms with Crippen molar-refractivity contribution >= 4 is 35.1 Å². The number of rotatable bonds is 4. The summed E-state index contributed by atoms with van der Waals surface area (Å²) in [6, 6.07) is 11.0. The number of likely N-dealkylation sites (N-methyl/N-ethyl adjacent to an activating group) is 1. The molecular formula is C22H21ClN6O3. The van der Waals surface area contributed by atoms with E-state index in [2.05, 4.69) is 15.0 Å². The van der Waals surface area contributed by atoms with E-state index >= 15 is 0 Å². The Morgan fingerprint density at radius 2 is 1.94 bits per heavy atom. The number of fused-ring (bicyclic) bond motifs is 1. The number of halogens is 1. The summed E-state index contributed by atoms with van der Waals surface area (Å²) in [5.41, 5.74) is 2.83. The van der Waals surface area contributed by atoms with Crippen molar-refractivity contribution in [2.45, 2.75) is 19.0 Å². The van der Waals surface area contributed by atoms with Crippen LogP contribution in [0, 0.1) is 0 Å². The molecule has 3 aromatic rings. The molecular weight excluding hydrogens is 432 g/mol. The summed E-state index contributed by atoms with van der Waals surface area (Å²) in [6.07, 6.45) is 3.38. The lowest BCUT2D eigenvalue weighted by molar-refractivity contribution is 0.0991. The average Bonchev–Trinajstić information content (AvgIpc) is 3.50. The maximum Gasteiger partial charge on any atom is 0.407 e. The van der Waals surface area contributed by atoms with Crippen molar-refractivity contribution in [2.24, 2.45) is 0 Å². The minimum atomic E-state index is -0.926. The highest BCUT2D eigenvalue weighted by Gasteiger charge is 2.33. The number of hydrogen-bond acceptors (Lipinski definition) is 5. The Morgan fingerprint density at radius 3 is 2.59 bits per heavy atom. The second-order valence-corrected chi connectivity index (χ2v) is 8.41. The number of aromatic nitrogens is 3. The largest absolute Gasteiger partial charge is 0.465 e. The van der Waals surface area contributed by atoms with Gasteiger partial charge in [0.05, 0.1) is 30.2 Å². The minimum absolute atomic E-state index is 0.0537. The first-order chi connectivity index (χ1) is 15.4. The van der Waals surface area contributed by atoms with Gasteiger partial charge in [0.1, 0.15) is 5.82 Å². The number of pyridine rings is 1. The minimum Gasteiger partial charge on any atom is -0.465 e. The highest BCUT2D eigenvalue weighted by molar-refractivity contribution is 6.30. The molecule has 2 aromatic heterocycles. The first-order valence-corrected chi connectivity index (χ1v) is 10.6. The van der Waals surface area contributed by atoms with E-state index in [9.17, 15) is 14.7 Å². The second-order valence-electron chi connectivity index (χ2n) is 7.97. The van der Waals surface area contributed by atoms with E-state index in [1.54, 1.807) is 35.0 Å². The molecule has 164 valence electrons. The van der Waals surface area contributed by atoms with E-state index in [0.717, 1.165) is 30.0 Å². The van der Waals surface area contributed by atoms with Gasteiger partial charge in [0.2, 0.25) is 0 Å². The smallest absolute Gasteiger partial charge is 0.407 e. The van der Waals surface area contributed by atoms with Gasteiger partial charge in [-0.05, 0) is 42.8 Å². The van der Waals surface area contributed by atoms with Gasteiger partial charge in [-0.15, -0.1) is 0 Å². The van der Waals surface area contributed by atoms with E-state index in [4.69, 9.17) is 11.6 Å². The van der Waals surface area contributed by atoms with Gasteiger partial charge in [0, 0.05) is 36.9 Å². The molecule has 0 spiro atoms. The fourth-order valence-corrected chi connectivity index (χ4v) is 4.28. The molecule has 32 heavy (non-hydrogen) atoms. The molecule has 1 unspecified atom stereocenters. The molecule has 4 heterocycles. The van der Waals surface area contributed by atoms with Crippen LogP contribution in [0.25, 0.3) is 5.69 Å². The van der Waals surface area contributed by atoms with E-state index in [0.29, 0.717) is 29.5 Å². The molecule has 1 saturated heterocycles. The molecule has 1 atom stereocenters. The Bertz CT molecular complexity index is 1180. The van der Waals surface area contributed by atoms with Gasteiger partial charge in [-0.2, -0.15) is 5.10 Å². The Labute approximate surface area is 189 Å². The predicted molar refractivity (Wildman–Crippen MR) is 120 cm³/mol. The molecule has 9 nitrogen and oxygen atoms in total. The zero-order valence-electron chi connectivity index (χ0n) is 17.3. The van der Waals surface area contributed by atoms with Crippen molar-refractivity contribution in [3.63, 3.8) is 0 Å². The molecule has 5 rings (SSSR count). The van der Waals surface area contributed by atoms with Gasteiger partial charge >= 0.3 is 6.09 Å². The summed E-state index contributed by atoms with van der Waals surface area (Å²) in [5, 5.41) is 14.3. The molecule has 2 amide bonds. The third kappa shape index (κ3) is 3.54. The van der Waals surface area contributed by atoms with Gasteiger partial charge in [-0.1, -0.05) is 11.6 Å². The maximum absolute atomic E-state index is 12.9. The van der Waals surface area contributed by atoms with Crippen LogP contribution in [0.4, 0.5) is 16.3 Å². The number of nitrogens with zero attached hydrogens (tertiary/aromatic N) is 6. The van der Waals surface area contributed by atoms with Crippen molar-refractivity contribution in [3.05, 3.63) is 65.1 Å². The summed E-state index contributed by atoms with van der Waals surface area (Å²) in [5.74, 6) is 0.610. The average molecular weight is 453 g/mol. The second kappa shape index (κ2) is 7.83. The molecule has 0 radical (unpaired) electrons. The highest BCUT2D eigenvalue weighted by Crippen LogP contribution is 2.30. The predicted octanol–water partition coefficient (Wildman–Crippen LogP) is 3.27. The van der Waals surface area contributed by atoms with Gasteiger partial charge in [-0.3, -0.25) is 4.79 Å². The normalized spacial score (nSPS) is 17.7. The van der Waals surface area contributed by atoms with E-state index in [-0.39, 0.29) is 11.9 Å². The fraction of sp³-hybridized carbons (Fsp3) is 0.273. The van der Waals surface area contributed by atoms with Crippen LogP contribution in [0.5, 0.6) is 0 Å². The van der Waals surface area contributed by atoms with Crippen molar-refractivity contribution in [1.82, 2.24) is 19.7 Å². The van der Waals surface area contributed by atoms with Crippen LogP contribution < -0.4 is 9.80 Å². The number of hydrogen-bond donors (Lipinski definition) is 1. The molecule has 2 aliphatic heterocycles. The van der Waals surface area contributed by atoms with Crippen LogP contribution in [0.15, 0.2) is 48.8 Å². The zero-order valence-corrected chi connectivity index (χ0v) is 18.1. The Morgan fingerprint density at radius 1 is 1.19 bits per heavy atom. The highest BCUT2D eigenvalue weighted by atomic mass is 35.5. The molecule has 1 fully saturated rings. The van der Waals surface area contributed by atoms with Crippen LogP contribution in [0.3, 0.4) is 0 Å². The zero-order chi connectivity index (χ0) is 22.4. The van der Waals surface area contributed by atoms with E-state index in [1.165, 1.54) is 4.90 Å². The van der Waals surface area contributed by atoms with Gasteiger partial charge < -0.3 is 19.8 Å². The maximum atomic E-state index is 12.9. The summed E-state index contributed by atoms with van der Waals surface area (Å²) >= 11 is 5.95. The Balaban J connectivity index is 1.28. The molecule has 0 bridgehead atoms. The number of carbonyl (C=O) groups excluding carboxylic acids is 1. The summed E-state index contributed by atoms with van der Waals surface area (Å²) in [4.78, 5) is 33.7. The standard InChI is InChI=1S/C22H21ClN6O3/c1-26(22(31)32)18-8-9-27(13-18)19-7-6-17(10-24-19)28-11-14-12-29(25-20(14)21(28)30)16-4-2-15(23)3-5-16/h2-7,10,12,18H,8-9,11,13H2,1H3,(H,31,32). The molecule has 10 heteroatoms. The molecule has 0 aliphatic carbocycles. The summed E-state index contributed by atoms with van der Waals surface area (Å²) < 4.78 is 1.69. The van der Waals surface area contributed by atoms with Crippen LogP contribution in [0.2, 0.25) is 5.02 Å². The lowest BCUT2D eigenvalue weighted by Crippen LogP contribution is -2.38. The monoisotopic (exact) mass is 452 g/mol. The van der Waals surface area contributed by atoms with Crippen molar-refractivity contribution in [3.8, 4) is 5.69 Å². The topological polar surface area (TPSA) is 94.8 Å². The number of anilines is 2. The first kappa shape index (κ1) is 20.3. The molecule has 2 aliphatic rings. The van der Waals surface area contributed by atoms with Crippen LogP contribution in [-0.4, -0.2) is 63.0 Å². The number of carboxylic acid groups (broad SMARTS) is 1. The van der Waals surface area contributed by atoms with Crippen molar-refractivity contribution in [1.29, 1.82) is 0 Å². The molecule has 1 N–H and O–H groups in total. The van der Waals surface area contributed by atoms with E-state index in [1.807, 2.05) is 30.5 Å². The summed E-state index contributed by atoms with van der Waals surface area (Å²) in [6.45, 7) is 1.77. The Kier molecular flexibility index (Phi) is 4.97. The molecule has 1 aromatic carbocycles. The van der Waals surface area contributed by atoms with E-state index < -0.39 is 6.09 Å². The van der Waals surface area contributed by atoms with Gasteiger partial charge in [0.15, 0.2) is 5.69 Å². The van der Waals surface area contributed by atoms with Crippen LogP contribution in [0.1, 0.15) is 22.5 Å². The van der Waals surface area contributed by atoms with Crippen LogP contribution in [-0.2, 0) is 6.54 Å². The number of carbonyl (C=O) groups is 2. The SMILES string of the molecule is CN(C(=O)O)C1CCN(c2ccc(N3Cc4cn(-c5ccc(Cl)cc5)nc4C3=O)cn2)C1. The third-order valence-corrected chi connectivity index (χ3v) is 6.29. The first-order valence-electron chi connectivity index (χ1n) is 10.2. The summed E-state index contributed by atoms with van der Waals surface area (Å²) in [7, 11) is 1.59. The van der Waals surface area contributed by atoms with Crippen LogP contribution >= 0.6 is 11.6 Å². The van der Waals surface area contributed by atoms with Gasteiger partial charge in [0.25, 0.3) is 5.91 Å². The quantitative estimate of drug-likeness (QED) is 0.652. The van der Waals surface area contributed by atoms with Crippen molar-refractivity contribution in [2.75, 3.05) is 29.9 Å². The lowest BCUT2D eigenvalue weighted by Gasteiger charge is -2.23. The van der Waals surface area contributed by atoms with Gasteiger partial charge in [-0.25, -0.2) is 14.5 Å². The third-order valence-electron chi connectivity index (χ3n) is 6.04. The lowest BCUT2D eigenvalue weighted by atomic mass is 10.2. The fourth-order valence-electron chi connectivity index (χ4n) is 4.16.